The molecule has 1 aromatic carbocycles. The minimum absolute atomic E-state index is 0.460. The first-order chi connectivity index (χ1) is 8.29. The molecular weight excluding hydrogens is 236 g/mol. The normalized spacial score (nSPS) is 20.0. The van der Waals surface area contributed by atoms with Crippen molar-refractivity contribution in [2.24, 2.45) is 0 Å². The summed E-state index contributed by atoms with van der Waals surface area (Å²) in [6, 6.07) is 6.17. The minimum atomic E-state index is 0.460. The predicted octanol–water partition coefficient (Wildman–Crippen LogP) is 2.90. The number of anilines is 1. The summed E-state index contributed by atoms with van der Waals surface area (Å²) in [6.45, 7) is 4.77. The van der Waals surface area contributed by atoms with Crippen LogP contribution in [0.4, 0.5) is 5.69 Å². The third kappa shape index (κ3) is 3.51. The van der Waals surface area contributed by atoms with Crippen LogP contribution >= 0.6 is 11.6 Å². The molecule has 2 rings (SSSR count). The SMILES string of the molecule is CCOc1ccc(Cl)cc1NC1CCCNC1. The molecule has 3 nitrogen and oxygen atoms in total. The van der Waals surface area contributed by atoms with Gasteiger partial charge < -0.3 is 15.4 Å². The first-order valence-corrected chi connectivity index (χ1v) is 6.57. The molecular formula is C13H19ClN2O. The van der Waals surface area contributed by atoms with Crippen molar-refractivity contribution >= 4 is 17.3 Å². The fourth-order valence-electron chi connectivity index (χ4n) is 2.09. The lowest BCUT2D eigenvalue weighted by molar-refractivity contribution is 0.341. The highest BCUT2D eigenvalue weighted by molar-refractivity contribution is 6.30. The fraction of sp³-hybridized carbons (Fsp3) is 0.538. The van der Waals surface area contributed by atoms with Crippen molar-refractivity contribution in [3.63, 3.8) is 0 Å². The number of hydrogen-bond donors (Lipinski definition) is 2. The van der Waals surface area contributed by atoms with E-state index in [0.29, 0.717) is 12.6 Å². The third-order valence-corrected chi connectivity index (χ3v) is 3.13. The lowest BCUT2D eigenvalue weighted by Crippen LogP contribution is -2.38. The molecule has 17 heavy (non-hydrogen) atoms. The number of piperidine rings is 1. The predicted molar refractivity (Wildman–Crippen MR) is 72.1 cm³/mol. The summed E-state index contributed by atoms with van der Waals surface area (Å²) >= 11 is 6.02. The van der Waals surface area contributed by atoms with Gasteiger partial charge in [0, 0.05) is 17.6 Å². The van der Waals surface area contributed by atoms with Crippen LogP contribution in [-0.4, -0.2) is 25.7 Å². The standard InChI is InChI=1S/C13H19ClN2O/c1-2-17-13-6-5-10(14)8-12(13)16-11-4-3-7-15-9-11/h5-6,8,11,15-16H,2-4,7,9H2,1H3. The zero-order valence-corrected chi connectivity index (χ0v) is 10.9. The Hall–Kier alpha value is -0.930. The zero-order valence-electron chi connectivity index (χ0n) is 10.1. The Balaban J connectivity index is 2.08. The molecule has 0 radical (unpaired) electrons. The van der Waals surface area contributed by atoms with Gasteiger partial charge in [0.2, 0.25) is 0 Å². The Labute approximate surface area is 107 Å². The number of hydrogen-bond acceptors (Lipinski definition) is 3. The molecule has 1 aliphatic heterocycles. The Morgan fingerprint density at radius 1 is 1.53 bits per heavy atom. The van der Waals surface area contributed by atoms with Crippen molar-refractivity contribution in [2.75, 3.05) is 25.0 Å². The van der Waals surface area contributed by atoms with E-state index in [1.807, 2.05) is 25.1 Å². The number of rotatable bonds is 4. The molecule has 0 aliphatic carbocycles. The average molecular weight is 255 g/mol. The molecule has 0 amide bonds. The molecule has 1 unspecified atom stereocenters. The molecule has 94 valence electrons. The molecule has 1 atom stereocenters. The minimum Gasteiger partial charge on any atom is -0.492 e. The van der Waals surface area contributed by atoms with E-state index in [9.17, 15) is 0 Å². The molecule has 0 bridgehead atoms. The summed E-state index contributed by atoms with van der Waals surface area (Å²) in [4.78, 5) is 0. The highest BCUT2D eigenvalue weighted by Crippen LogP contribution is 2.29. The average Bonchev–Trinajstić information content (AvgIpc) is 2.34. The monoisotopic (exact) mass is 254 g/mol. The van der Waals surface area contributed by atoms with E-state index in [4.69, 9.17) is 16.3 Å². The number of nitrogens with one attached hydrogen (secondary N) is 2. The van der Waals surface area contributed by atoms with Gasteiger partial charge in [-0.3, -0.25) is 0 Å². The van der Waals surface area contributed by atoms with Gasteiger partial charge in [0.1, 0.15) is 5.75 Å². The van der Waals surface area contributed by atoms with Crippen molar-refractivity contribution in [3.8, 4) is 5.75 Å². The quantitative estimate of drug-likeness (QED) is 0.867. The molecule has 4 heteroatoms. The molecule has 0 saturated carbocycles. The van der Waals surface area contributed by atoms with E-state index in [-0.39, 0.29) is 0 Å². The maximum absolute atomic E-state index is 6.02. The van der Waals surface area contributed by atoms with Crippen LogP contribution in [0.1, 0.15) is 19.8 Å². The molecule has 1 aromatic rings. The van der Waals surface area contributed by atoms with E-state index >= 15 is 0 Å². The van der Waals surface area contributed by atoms with Crippen LogP contribution in [0, 0.1) is 0 Å². The Kier molecular flexibility index (Phi) is 4.51. The van der Waals surface area contributed by atoms with Gasteiger partial charge in [0.05, 0.1) is 12.3 Å². The zero-order chi connectivity index (χ0) is 12.1. The van der Waals surface area contributed by atoms with Gasteiger partial charge in [-0.25, -0.2) is 0 Å². The van der Waals surface area contributed by atoms with Crippen LogP contribution in [0.5, 0.6) is 5.75 Å². The van der Waals surface area contributed by atoms with Crippen molar-refractivity contribution in [1.82, 2.24) is 5.32 Å². The van der Waals surface area contributed by atoms with E-state index in [0.717, 1.165) is 29.5 Å². The van der Waals surface area contributed by atoms with E-state index in [2.05, 4.69) is 10.6 Å². The van der Waals surface area contributed by atoms with Crippen LogP contribution < -0.4 is 15.4 Å². The maximum atomic E-state index is 6.02. The van der Waals surface area contributed by atoms with Crippen LogP contribution in [-0.2, 0) is 0 Å². The summed E-state index contributed by atoms with van der Waals surface area (Å²) in [5.41, 5.74) is 0.994. The molecule has 0 aromatic heterocycles. The molecule has 1 saturated heterocycles. The van der Waals surface area contributed by atoms with Crippen molar-refractivity contribution in [2.45, 2.75) is 25.8 Å². The van der Waals surface area contributed by atoms with E-state index in [1.54, 1.807) is 0 Å². The topological polar surface area (TPSA) is 33.3 Å². The number of ether oxygens (including phenoxy) is 1. The summed E-state index contributed by atoms with van der Waals surface area (Å²) in [5, 5.41) is 7.62. The second-order valence-corrected chi connectivity index (χ2v) is 4.70. The Morgan fingerprint density at radius 3 is 3.12 bits per heavy atom. The van der Waals surface area contributed by atoms with Gasteiger partial charge in [-0.2, -0.15) is 0 Å². The van der Waals surface area contributed by atoms with Gasteiger partial charge in [0.25, 0.3) is 0 Å². The first kappa shape index (κ1) is 12.5. The largest absolute Gasteiger partial charge is 0.492 e. The molecule has 0 spiro atoms. The number of benzene rings is 1. The maximum Gasteiger partial charge on any atom is 0.142 e. The summed E-state index contributed by atoms with van der Waals surface area (Å²) in [7, 11) is 0. The van der Waals surface area contributed by atoms with Crippen molar-refractivity contribution < 1.29 is 4.74 Å². The van der Waals surface area contributed by atoms with Crippen molar-refractivity contribution in [1.29, 1.82) is 0 Å². The van der Waals surface area contributed by atoms with E-state index in [1.165, 1.54) is 12.8 Å². The third-order valence-electron chi connectivity index (χ3n) is 2.90. The smallest absolute Gasteiger partial charge is 0.142 e. The first-order valence-electron chi connectivity index (χ1n) is 6.19. The molecule has 2 N–H and O–H groups in total. The molecule has 1 heterocycles. The van der Waals surface area contributed by atoms with Crippen LogP contribution in [0.25, 0.3) is 0 Å². The van der Waals surface area contributed by atoms with Gasteiger partial charge >= 0.3 is 0 Å². The second-order valence-electron chi connectivity index (χ2n) is 4.26. The lowest BCUT2D eigenvalue weighted by Gasteiger charge is -2.25. The molecule has 1 aliphatic rings. The lowest BCUT2D eigenvalue weighted by atomic mass is 10.1. The Bertz CT molecular complexity index is 364. The van der Waals surface area contributed by atoms with Gasteiger partial charge in [-0.05, 0) is 44.5 Å². The van der Waals surface area contributed by atoms with Gasteiger partial charge in [0.15, 0.2) is 0 Å². The van der Waals surface area contributed by atoms with E-state index < -0.39 is 0 Å². The van der Waals surface area contributed by atoms with Crippen molar-refractivity contribution in [3.05, 3.63) is 23.2 Å². The summed E-state index contributed by atoms with van der Waals surface area (Å²) in [6.07, 6.45) is 2.40. The highest BCUT2D eigenvalue weighted by Gasteiger charge is 2.14. The van der Waals surface area contributed by atoms with Gasteiger partial charge in [-0.15, -0.1) is 0 Å². The fourth-order valence-corrected chi connectivity index (χ4v) is 2.26. The van der Waals surface area contributed by atoms with Crippen LogP contribution in [0.3, 0.4) is 0 Å². The summed E-state index contributed by atoms with van der Waals surface area (Å²) in [5.74, 6) is 0.877. The number of halogens is 1. The Morgan fingerprint density at radius 2 is 2.41 bits per heavy atom. The highest BCUT2D eigenvalue weighted by atomic mass is 35.5. The second kappa shape index (κ2) is 6.12. The molecule has 1 fully saturated rings. The van der Waals surface area contributed by atoms with Crippen LogP contribution in [0.2, 0.25) is 5.02 Å². The van der Waals surface area contributed by atoms with Crippen LogP contribution in [0.15, 0.2) is 18.2 Å². The summed E-state index contributed by atoms with van der Waals surface area (Å²) < 4.78 is 5.59. The van der Waals surface area contributed by atoms with Gasteiger partial charge in [-0.1, -0.05) is 11.6 Å².